The summed E-state index contributed by atoms with van der Waals surface area (Å²) in [5.41, 5.74) is 13.3. The van der Waals surface area contributed by atoms with Crippen LogP contribution in [0.5, 0.6) is 0 Å². The number of nitrogens with zero attached hydrogens (tertiary/aromatic N) is 3. The summed E-state index contributed by atoms with van der Waals surface area (Å²) in [5, 5.41) is 2.22. The smallest absolute Gasteiger partial charge is 0.138 e. The summed E-state index contributed by atoms with van der Waals surface area (Å²) >= 11 is 0. The maximum atomic E-state index is 5.42. The Balaban J connectivity index is 1.21. The molecule has 0 saturated carbocycles. The van der Waals surface area contributed by atoms with Crippen LogP contribution < -0.4 is 4.90 Å². The molecule has 0 atom stereocenters. The topological polar surface area (TPSA) is 29.0 Å². The van der Waals surface area contributed by atoms with Crippen LogP contribution in [0.1, 0.15) is 22.3 Å². The number of hydrogen-bond acceptors (Lipinski definition) is 3. The highest BCUT2D eigenvalue weighted by atomic mass is 15.2. The van der Waals surface area contributed by atoms with Gasteiger partial charge < -0.3 is 0 Å². The van der Waals surface area contributed by atoms with E-state index in [0.29, 0.717) is 0 Å². The highest BCUT2D eigenvalue weighted by molar-refractivity contribution is 5.98. The molecule has 1 aliphatic carbocycles. The van der Waals surface area contributed by atoms with Crippen LogP contribution >= 0.6 is 0 Å². The predicted molar refractivity (Wildman–Crippen MR) is 214 cm³/mol. The lowest BCUT2D eigenvalue weighted by Gasteiger charge is -2.34. The van der Waals surface area contributed by atoms with Crippen LogP contribution in [0.4, 0.5) is 17.2 Å². The van der Waals surface area contributed by atoms with E-state index in [-0.39, 0.29) is 0 Å². The average Bonchev–Trinajstić information content (AvgIpc) is 3.53. The first-order chi connectivity index (χ1) is 25.8. The minimum atomic E-state index is -0.492. The molecule has 0 radical (unpaired) electrons. The Bertz CT molecular complexity index is 2700. The van der Waals surface area contributed by atoms with Crippen LogP contribution in [0.3, 0.4) is 0 Å². The minimum Gasteiger partial charge on any atom is -0.294 e. The molecule has 0 aliphatic heterocycles. The molecule has 0 saturated heterocycles. The van der Waals surface area contributed by atoms with Crippen LogP contribution in [0.25, 0.3) is 44.1 Å². The lowest BCUT2D eigenvalue weighted by atomic mass is 9.68. The maximum Gasteiger partial charge on any atom is 0.138 e. The summed E-state index contributed by atoms with van der Waals surface area (Å²) in [7, 11) is 0. The molecule has 2 heterocycles. The summed E-state index contributed by atoms with van der Waals surface area (Å²) in [4.78, 5) is 12.3. The fraction of sp³-hybridized carbons (Fsp3) is 0.0204. The van der Waals surface area contributed by atoms with Crippen molar-refractivity contribution >= 4 is 39.0 Å². The van der Waals surface area contributed by atoms with E-state index < -0.39 is 5.41 Å². The fourth-order valence-electron chi connectivity index (χ4n) is 8.30. The van der Waals surface area contributed by atoms with Gasteiger partial charge in [0.1, 0.15) is 5.82 Å². The summed E-state index contributed by atoms with van der Waals surface area (Å²) in [5.74, 6) is 0.862. The Morgan fingerprint density at radius 3 is 1.88 bits per heavy atom. The number of rotatable bonds is 6. The zero-order valence-electron chi connectivity index (χ0n) is 28.4. The van der Waals surface area contributed by atoms with E-state index in [1.807, 2.05) is 12.3 Å². The third-order valence-corrected chi connectivity index (χ3v) is 10.6. The van der Waals surface area contributed by atoms with Crippen LogP contribution in [-0.2, 0) is 5.41 Å². The van der Waals surface area contributed by atoms with E-state index in [1.54, 1.807) is 0 Å². The van der Waals surface area contributed by atoms with Gasteiger partial charge in [0.05, 0.1) is 22.1 Å². The van der Waals surface area contributed by atoms with Gasteiger partial charge in [-0.2, -0.15) is 0 Å². The number of para-hydroxylation sites is 1. The van der Waals surface area contributed by atoms with Crippen molar-refractivity contribution in [2.45, 2.75) is 5.41 Å². The second-order valence-electron chi connectivity index (χ2n) is 13.4. The van der Waals surface area contributed by atoms with Crippen molar-refractivity contribution in [3.8, 4) is 22.3 Å². The van der Waals surface area contributed by atoms with E-state index in [9.17, 15) is 0 Å². The number of pyridine rings is 2. The van der Waals surface area contributed by atoms with Gasteiger partial charge in [-0.05, 0) is 93.5 Å². The first-order valence-electron chi connectivity index (χ1n) is 17.7. The Hall–Kier alpha value is -6.84. The van der Waals surface area contributed by atoms with Crippen molar-refractivity contribution in [3.63, 3.8) is 0 Å². The molecule has 52 heavy (non-hydrogen) atoms. The van der Waals surface area contributed by atoms with Crippen LogP contribution in [-0.4, -0.2) is 9.97 Å². The Morgan fingerprint density at radius 2 is 1.10 bits per heavy atom. The van der Waals surface area contributed by atoms with Crippen molar-refractivity contribution in [3.05, 3.63) is 223 Å². The Kier molecular flexibility index (Phi) is 7.04. The van der Waals surface area contributed by atoms with Gasteiger partial charge in [-0.15, -0.1) is 0 Å². The van der Waals surface area contributed by atoms with Crippen molar-refractivity contribution in [2.75, 3.05) is 4.90 Å². The molecule has 7 aromatic carbocycles. The van der Waals surface area contributed by atoms with E-state index in [0.717, 1.165) is 50.1 Å². The number of hydrogen-bond donors (Lipinski definition) is 0. The largest absolute Gasteiger partial charge is 0.294 e. The standard InChI is InChI=1S/C49H33N3/c1-4-15-38(16-5-1)49(39-17-6-2-7-18-39)42-22-11-10-21-41(42)48-43(49)23-12-24-46(48)52(40-19-8-3-9-20-40)47-30-28-34-25-26-36(33-45(34)51-47)35-27-29-44-37(32-35)14-13-31-50-44/h1-33H. The molecular weight excluding hydrogens is 631 g/mol. The molecule has 3 heteroatoms. The molecule has 0 fully saturated rings. The predicted octanol–water partition coefficient (Wildman–Crippen LogP) is 12.3. The molecule has 0 amide bonds. The zero-order chi connectivity index (χ0) is 34.5. The summed E-state index contributed by atoms with van der Waals surface area (Å²) < 4.78 is 0. The van der Waals surface area contributed by atoms with E-state index >= 15 is 0 Å². The highest BCUT2D eigenvalue weighted by Gasteiger charge is 2.47. The third-order valence-electron chi connectivity index (χ3n) is 10.6. The molecule has 9 aromatic rings. The first kappa shape index (κ1) is 30.0. The fourth-order valence-corrected chi connectivity index (χ4v) is 8.30. The van der Waals surface area contributed by atoms with Gasteiger partial charge in [-0.3, -0.25) is 9.88 Å². The second-order valence-corrected chi connectivity index (χ2v) is 13.4. The molecule has 0 spiro atoms. The van der Waals surface area contributed by atoms with Gasteiger partial charge in [-0.25, -0.2) is 4.98 Å². The van der Waals surface area contributed by atoms with Crippen molar-refractivity contribution in [2.24, 2.45) is 0 Å². The van der Waals surface area contributed by atoms with E-state index in [4.69, 9.17) is 4.98 Å². The van der Waals surface area contributed by atoms with Gasteiger partial charge in [0, 0.05) is 28.2 Å². The highest BCUT2D eigenvalue weighted by Crippen LogP contribution is 2.59. The molecule has 2 aromatic heterocycles. The van der Waals surface area contributed by atoms with Crippen molar-refractivity contribution < 1.29 is 0 Å². The number of anilines is 3. The van der Waals surface area contributed by atoms with Gasteiger partial charge in [0.25, 0.3) is 0 Å². The normalized spacial score (nSPS) is 12.8. The summed E-state index contributed by atoms with van der Waals surface area (Å²) in [6, 6.07) is 69.7. The van der Waals surface area contributed by atoms with E-state index in [2.05, 4.69) is 198 Å². The second kappa shape index (κ2) is 12.2. The number of fused-ring (bicyclic) bond motifs is 5. The molecule has 10 rings (SSSR count). The first-order valence-corrected chi connectivity index (χ1v) is 17.7. The lowest BCUT2D eigenvalue weighted by molar-refractivity contribution is 0.768. The molecule has 3 nitrogen and oxygen atoms in total. The Labute approximate surface area is 303 Å². The van der Waals surface area contributed by atoms with Crippen LogP contribution in [0.15, 0.2) is 200 Å². The third kappa shape index (κ3) is 4.67. The SMILES string of the molecule is c1ccc(N(c2ccc3ccc(-c4ccc5ncccc5c4)cc3n2)c2cccc3c2-c2ccccc2C3(c2ccccc2)c2ccccc2)cc1. The molecule has 1 aliphatic rings. The van der Waals surface area contributed by atoms with Gasteiger partial charge in [0.2, 0.25) is 0 Å². The minimum absolute atomic E-state index is 0.492. The number of aromatic nitrogens is 2. The lowest BCUT2D eigenvalue weighted by Crippen LogP contribution is -2.28. The van der Waals surface area contributed by atoms with Gasteiger partial charge >= 0.3 is 0 Å². The van der Waals surface area contributed by atoms with Crippen molar-refractivity contribution in [1.82, 2.24) is 9.97 Å². The Morgan fingerprint density at radius 1 is 0.442 bits per heavy atom. The van der Waals surface area contributed by atoms with E-state index in [1.165, 1.54) is 33.4 Å². The average molecular weight is 664 g/mol. The monoisotopic (exact) mass is 663 g/mol. The molecular formula is C49H33N3. The van der Waals surface area contributed by atoms with Crippen molar-refractivity contribution in [1.29, 1.82) is 0 Å². The van der Waals surface area contributed by atoms with Gasteiger partial charge in [0.15, 0.2) is 0 Å². The number of benzene rings is 7. The molecule has 0 N–H and O–H groups in total. The molecule has 0 unspecified atom stereocenters. The zero-order valence-corrected chi connectivity index (χ0v) is 28.4. The molecule has 244 valence electrons. The van der Waals surface area contributed by atoms with Crippen LogP contribution in [0.2, 0.25) is 0 Å². The quantitative estimate of drug-likeness (QED) is 0.177. The molecule has 0 bridgehead atoms. The summed E-state index contributed by atoms with van der Waals surface area (Å²) in [6.07, 6.45) is 1.84. The maximum absolute atomic E-state index is 5.42. The summed E-state index contributed by atoms with van der Waals surface area (Å²) in [6.45, 7) is 0. The van der Waals surface area contributed by atoms with Crippen LogP contribution in [0, 0.1) is 0 Å². The van der Waals surface area contributed by atoms with Gasteiger partial charge in [-0.1, -0.05) is 140 Å².